The number of carbonyl (C=O) groups excluding carboxylic acids is 1. The van der Waals surface area contributed by atoms with Crippen LogP contribution >= 0.6 is 12.4 Å². The largest absolute Gasteiger partial charge is 0.490 e. The van der Waals surface area contributed by atoms with Gasteiger partial charge in [-0.05, 0) is 31.4 Å². The highest BCUT2D eigenvalue weighted by molar-refractivity contribution is 5.85. The first kappa shape index (κ1) is 19.8. The molecule has 130 valence electrons. The molecule has 0 saturated carbocycles. The number of ether oxygens (including phenoxy) is 1. The van der Waals surface area contributed by atoms with Crippen molar-refractivity contribution in [1.29, 1.82) is 0 Å². The van der Waals surface area contributed by atoms with E-state index in [1.807, 2.05) is 17.0 Å². The maximum Gasteiger partial charge on any atom is 0.239 e. The molecule has 0 unspecified atom stereocenters. The molecule has 1 atom stereocenters. The van der Waals surface area contributed by atoms with Crippen LogP contribution in [0.4, 0.5) is 0 Å². The lowest BCUT2D eigenvalue weighted by molar-refractivity contribution is -0.134. The Labute approximate surface area is 145 Å². The van der Waals surface area contributed by atoms with Crippen molar-refractivity contribution in [3.05, 3.63) is 29.8 Å². The predicted molar refractivity (Wildman–Crippen MR) is 96.1 cm³/mol. The van der Waals surface area contributed by atoms with Crippen LogP contribution < -0.4 is 10.5 Å². The van der Waals surface area contributed by atoms with Gasteiger partial charge in [0.05, 0.1) is 6.04 Å². The summed E-state index contributed by atoms with van der Waals surface area (Å²) in [6, 6.07) is 7.75. The smallest absolute Gasteiger partial charge is 0.239 e. The molecular weight excluding hydrogens is 312 g/mol. The highest BCUT2D eigenvalue weighted by atomic mass is 35.5. The van der Waals surface area contributed by atoms with Crippen LogP contribution in [-0.2, 0) is 4.79 Å². The van der Waals surface area contributed by atoms with Crippen LogP contribution in [0, 0.1) is 12.8 Å². The zero-order valence-electron chi connectivity index (χ0n) is 14.3. The highest BCUT2D eigenvalue weighted by Crippen LogP contribution is 2.20. The molecule has 1 aliphatic heterocycles. The van der Waals surface area contributed by atoms with Gasteiger partial charge in [-0.2, -0.15) is 0 Å². The van der Waals surface area contributed by atoms with Gasteiger partial charge in [0.2, 0.25) is 5.91 Å². The van der Waals surface area contributed by atoms with E-state index in [1.54, 1.807) is 0 Å². The van der Waals surface area contributed by atoms with Crippen molar-refractivity contribution < 1.29 is 9.53 Å². The van der Waals surface area contributed by atoms with Gasteiger partial charge in [0.1, 0.15) is 11.9 Å². The summed E-state index contributed by atoms with van der Waals surface area (Å²) in [7, 11) is 0. The SMILES string of the molecule is Cc1ccc(OC2CCN(C(=O)[C@@H](N)CC(C)C)CC2)cc1.Cl. The first-order valence-corrected chi connectivity index (χ1v) is 8.23. The van der Waals surface area contributed by atoms with Crippen LogP contribution in [0.5, 0.6) is 5.75 Å². The van der Waals surface area contributed by atoms with E-state index in [-0.39, 0.29) is 30.5 Å². The van der Waals surface area contributed by atoms with Crippen molar-refractivity contribution in [3.8, 4) is 5.75 Å². The fourth-order valence-corrected chi connectivity index (χ4v) is 2.85. The molecule has 2 rings (SSSR count). The van der Waals surface area contributed by atoms with Gasteiger partial charge in [-0.1, -0.05) is 31.5 Å². The van der Waals surface area contributed by atoms with Crippen LogP contribution in [0.3, 0.4) is 0 Å². The average molecular weight is 341 g/mol. The third-order valence-electron chi connectivity index (χ3n) is 4.12. The summed E-state index contributed by atoms with van der Waals surface area (Å²) in [5, 5.41) is 0. The standard InChI is InChI=1S/C18H28N2O2.ClH/c1-13(2)12-17(19)18(21)20-10-8-16(9-11-20)22-15-6-4-14(3)5-7-15;/h4-7,13,16-17H,8-12,19H2,1-3H3;1H/t17-;/m0./s1. The summed E-state index contributed by atoms with van der Waals surface area (Å²) in [5.74, 6) is 1.44. The number of likely N-dealkylation sites (tertiary alicyclic amines) is 1. The van der Waals surface area contributed by atoms with Gasteiger partial charge in [0.15, 0.2) is 0 Å². The number of carbonyl (C=O) groups is 1. The second kappa shape index (κ2) is 9.14. The van der Waals surface area contributed by atoms with Crippen LogP contribution in [-0.4, -0.2) is 36.0 Å². The fraction of sp³-hybridized carbons (Fsp3) is 0.611. The number of benzene rings is 1. The lowest BCUT2D eigenvalue weighted by Crippen LogP contribution is -2.49. The third-order valence-corrected chi connectivity index (χ3v) is 4.12. The Bertz CT molecular complexity index is 482. The van der Waals surface area contributed by atoms with Crippen molar-refractivity contribution in [2.45, 2.75) is 52.2 Å². The maximum atomic E-state index is 12.3. The number of hydrogen-bond donors (Lipinski definition) is 1. The molecule has 1 aromatic rings. The lowest BCUT2D eigenvalue weighted by atomic mass is 10.0. The second-order valence-electron chi connectivity index (χ2n) is 6.69. The van der Waals surface area contributed by atoms with Gasteiger partial charge in [-0.3, -0.25) is 4.79 Å². The fourth-order valence-electron chi connectivity index (χ4n) is 2.85. The maximum absolute atomic E-state index is 12.3. The molecule has 23 heavy (non-hydrogen) atoms. The van der Waals surface area contributed by atoms with Crippen molar-refractivity contribution in [1.82, 2.24) is 4.90 Å². The van der Waals surface area contributed by atoms with Gasteiger partial charge in [-0.15, -0.1) is 12.4 Å². The Morgan fingerprint density at radius 1 is 1.26 bits per heavy atom. The molecule has 0 aromatic heterocycles. The Balaban J connectivity index is 0.00000264. The van der Waals surface area contributed by atoms with Crippen LogP contribution in [0.25, 0.3) is 0 Å². The van der Waals surface area contributed by atoms with Crippen molar-refractivity contribution in [2.75, 3.05) is 13.1 Å². The molecule has 4 nitrogen and oxygen atoms in total. The number of aryl methyl sites for hydroxylation is 1. The number of amides is 1. The summed E-state index contributed by atoms with van der Waals surface area (Å²) >= 11 is 0. The zero-order valence-corrected chi connectivity index (χ0v) is 15.1. The Kier molecular flexibility index (Phi) is 7.86. The summed E-state index contributed by atoms with van der Waals surface area (Å²) in [6.45, 7) is 7.72. The average Bonchev–Trinajstić information content (AvgIpc) is 2.49. The van der Waals surface area contributed by atoms with E-state index < -0.39 is 0 Å². The van der Waals surface area contributed by atoms with Gasteiger partial charge >= 0.3 is 0 Å². The Morgan fingerprint density at radius 2 is 1.83 bits per heavy atom. The predicted octanol–water partition coefficient (Wildman–Crippen LogP) is 3.16. The molecule has 0 spiro atoms. The van der Waals surface area contributed by atoms with E-state index in [9.17, 15) is 4.79 Å². The molecule has 1 fully saturated rings. The number of hydrogen-bond acceptors (Lipinski definition) is 3. The quantitative estimate of drug-likeness (QED) is 0.895. The minimum Gasteiger partial charge on any atom is -0.490 e. The zero-order chi connectivity index (χ0) is 16.1. The van der Waals surface area contributed by atoms with Crippen LogP contribution in [0.15, 0.2) is 24.3 Å². The molecule has 1 heterocycles. The van der Waals surface area contributed by atoms with E-state index >= 15 is 0 Å². The van der Waals surface area contributed by atoms with Crippen molar-refractivity contribution in [3.63, 3.8) is 0 Å². The van der Waals surface area contributed by atoms with E-state index in [1.165, 1.54) is 5.56 Å². The highest BCUT2D eigenvalue weighted by Gasteiger charge is 2.27. The van der Waals surface area contributed by atoms with Gasteiger partial charge in [-0.25, -0.2) is 0 Å². The number of nitrogens with two attached hydrogens (primary N) is 1. The summed E-state index contributed by atoms with van der Waals surface area (Å²) in [6.07, 6.45) is 2.67. The number of halogens is 1. The van der Waals surface area contributed by atoms with Crippen LogP contribution in [0.1, 0.15) is 38.7 Å². The molecule has 1 saturated heterocycles. The monoisotopic (exact) mass is 340 g/mol. The van der Waals surface area contributed by atoms with Crippen molar-refractivity contribution >= 4 is 18.3 Å². The summed E-state index contributed by atoms with van der Waals surface area (Å²) in [5.41, 5.74) is 7.23. The van der Waals surface area contributed by atoms with E-state index in [0.29, 0.717) is 5.92 Å². The van der Waals surface area contributed by atoms with E-state index in [2.05, 4.69) is 32.9 Å². The molecular formula is C18H29ClN2O2. The number of rotatable bonds is 5. The molecule has 1 amide bonds. The summed E-state index contributed by atoms with van der Waals surface area (Å²) < 4.78 is 5.99. The second-order valence-corrected chi connectivity index (χ2v) is 6.69. The normalized spacial score (nSPS) is 16.8. The first-order chi connectivity index (χ1) is 10.5. The number of piperidine rings is 1. The number of nitrogens with zero attached hydrogens (tertiary/aromatic N) is 1. The minimum atomic E-state index is -0.366. The minimum absolute atomic E-state index is 0. The van der Waals surface area contributed by atoms with Gasteiger partial charge in [0, 0.05) is 25.9 Å². The molecule has 2 N–H and O–H groups in total. The first-order valence-electron chi connectivity index (χ1n) is 8.23. The summed E-state index contributed by atoms with van der Waals surface area (Å²) in [4.78, 5) is 14.2. The molecule has 0 bridgehead atoms. The Morgan fingerprint density at radius 3 is 2.35 bits per heavy atom. The topological polar surface area (TPSA) is 55.6 Å². The molecule has 1 aliphatic rings. The van der Waals surface area contributed by atoms with E-state index in [0.717, 1.165) is 38.1 Å². The van der Waals surface area contributed by atoms with E-state index in [4.69, 9.17) is 10.5 Å². The molecule has 0 aliphatic carbocycles. The third kappa shape index (κ3) is 6.04. The van der Waals surface area contributed by atoms with Crippen molar-refractivity contribution in [2.24, 2.45) is 11.7 Å². The van der Waals surface area contributed by atoms with Gasteiger partial charge < -0.3 is 15.4 Å². The Hall–Kier alpha value is -1.26. The van der Waals surface area contributed by atoms with Crippen LogP contribution in [0.2, 0.25) is 0 Å². The molecule has 1 aromatic carbocycles. The lowest BCUT2D eigenvalue weighted by Gasteiger charge is -2.34. The molecule has 0 radical (unpaired) electrons. The van der Waals surface area contributed by atoms with Gasteiger partial charge in [0.25, 0.3) is 0 Å². The molecule has 5 heteroatoms.